The van der Waals surface area contributed by atoms with E-state index in [1.807, 2.05) is 20.8 Å². The first-order chi connectivity index (χ1) is 8.47. The van der Waals surface area contributed by atoms with Crippen molar-refractivity contribution in [2.45, 2.75) is 45.6 Å². The van der Waals surface area contributed by atoms with Crippen LogP contribution < -0.4 is 4.72 Å². The Kier molecular flexibility index (Phi) is 4.44. The number of aromatic carboxylic acids is 1. The molecule has 0 fully saturated rings. The van der Waals surface area contributed by atoms with Crippen molar-refractivity contribution < 1.29 is 18.3 Å². The van der Waals surface area contributed by atoms with Crippen molar-refractivity contribution in [3.8, 4) is 0 Å². The summed E-state index contributed by atoms with van der Waals surface area (Å²) in [7, 11) is -3.83. The maximum Gasteiger partial charge on any atom is 0.347 e. The van der Waals surface area contributed by atoms with Gasteiger partial charge in [0.2, 0.25) is 10.0 Å². The fourth-order valence-corrected chi connectivity index (χ4v) is 4.46. The monoisotopic (exact) mass is 305 g/mol. The minimum Gasteiger partial charge on any atom is -0.477 e. The molecule has 0 aliphatic heterocycles. The van der Waals surface area contributed by atoms with Gasteiger partial charge in [-0.15, -0.1) is 11.3 Å². The predicted molar refractivity (Wildman–Crippen MR) is 75.3 cm³/mol. The summed E-state index contributed by atoms with van der Waals surface area (Å²) in [4.78, 5) is 10.8. The number of hydrogen-bond acceptors (Lipinski definition) is 4. The summed E-state index contributed by atoms with van der Waals surface area (Å²) in [5, 5.41) is 10.6. The highest BCUT2D eigenvalue weighted by molar-refractivity contribution is 7.89. The number of aryl methyl sites for hydroxylation is 1. The lowest BCUT2D eigenvalue weighted by molar-refractivity contribution is 0.0698. The number of carbonyl (C=O) groups is 1. The predicted octanol–water partition coefficient (Wildman–Crippen LogP) is 2.47. The molecular formula is C12H19NO4S2. The number of hydrogen-bond donors (Lipinski definition) is 2. The highest BCUT2D eigenvalue weighted by atomic mass is 32.2. The quantitative estimate of drug-likeness (QED) is 0.895. The van der Waals surface area contributed by atoms with E-state index in [1.165, 1.54) is 0 Å². The summed E-state index contributed by atoms with van der Waals surface area (Å²) >= 11 is 0.927. The first kappa shape index (κ1) is 16.1. The fourth-order valence-electron chi connectivity index (χ4n) is 1.38. The zero-order valence-corrected chi connectivity index (χ0v) is 13.3. The third kappa shape index (κ3) is 3.55. The molecule has 0 amide bonds. The number of carboxylic acids is 1. The molecule has 1 atom stereocenters. The molecule has 7 heteroatoms. The van der Waals surface area contributed by atoms with Gasteiger partial charge in [0.1, 0.15) is 9.77 Å². The highest BCUT2D eigenvalue weighted by Crippen LogP contribution is 2.28. The molecule has 0 bridgehead atoms. The van der Waals surface area contributed by atoms with Gasteiger partial charge in [-0.2, -0.15) is 0 Å². The van der Waals surface area contributed by atoms with Crippen molar-refractivity contribution in [1.82, 2.24) is 4.72 Å². The zero-order valence-electron chi connectivity index (χ0n) is 11.6. The van der Waals surface area contributed by atoms with Crippen LogP contribution in [0.4, 0.5) is 0 Å². The smallest absolute Gasteiger partial charge is 0.347 e. The fraction of sp³-hybridized carbons (Fsp3) is 0.583. The molecule has 1 aromatic heterocycles. The van der Waals surface area contributed by atoms with Crippen LogP contribution in [0.3, 0.4) is 0 Å². The van der Waals surface area contributed by atoms with Crippen LogP contribution in [0.2, 0.25) is 0 Å². The van der Waals surface area contributed by atoms with Crippen LogP contribution in [0.1, 0.15) is 42.9 Å². The van der Waals surface area contributed by atoms with E-state index < -0.39 is 16.0 Å². The maximum absolute atomic E-state index is 12.3. The number of carboxylic acid groups (broad SMARTS) is 1. The van der Waals surface area contributed by atoms with E-state index in [2.05, 4.69) is 4.72 Å². The summed E-state index contributed by atoms with van der Waals surface area (Å²) in [5.41, 5.74) is 0.205. The average molecular weight is 305 g/mol. The van der Waals surface area contributed by atoms with Crippen molar-refractivity contribution in [3.63, 3.8) is 0 Å². The summed E-state index contributed by atoms with van der Waals surface area (Å²) in [6.45, 7) is 9.11. The summed E-state index contributed by atoms with van der Waals surface area (Å²) in [6.07, 6.45) is 0. The molecule has 1 rings (SSSR count). The molecule has 0 aliphatic rings. The Morgan fingerprint density at radius 3 is 2.37 bits per heavy atom. The van der Waals surface area contributed by atoms with E-state index in [1.54, 1.807) is 19.2 Å². The standard InChI is InChI=1S/C12H19NO4S2/c1-7-6-18-9(11(14)15)10(7)19(16,17)13-8(2)12(3,4)5/h6,8,13H,1-5H3,(H,14,15). The van der Waals surface area contributed by atoms with E-state index in [4.69, 9.17) is 5.11 Å². The molecule has 0 aliphatic carbocycles. The number of nitrogens with one attached hydrogen (secondary N) is 1. The van der Waals surface area contributed by atoms with Crippen LogP contribution in [-0.4, -0.2) is 25.5 Å². The number of thiophene rings is 1. The maximum atomic E-state index is 12.3. The van der Waals surface area contributed by atoms with Gasteiger partial charge < -0.3 is 5.11 Å². The Labute approximate surface area is 117 Å². The Morgan fingerprint density at radius 1 is 1.42 bits per heavy atom. The third-order valence-electron chi connectivity index (χ3n) is 3.01. The molecule has 1 unspecified atom stereocenters. The Balaban J connectivity index is 3.22. The van der Waals surface area contributed by atoms with Crippen molar-refractivity contribution in [1.29, 1.82) is 0 Å². The van der Waals surface area contributed by atoms with Crippen LogP contribution in [0, 0.1) is 12.3 Å². The molecule has 19 heavy (non-hydrogen) atoms. The normalized spacial score (nSPS) is 14.4. The lowest BCUT2D eigenvalue weighted by Crippen LogP contribution is -2.41. The lowest BCUT2D eigenvalue weighted by Gasteiger charge is -2.27. The largest absolute Gasteiger partial charge is 0.477 e. The van der Waals surface area contributed by atoms with Crippen LogP contribution in [0.5, 0.6) is 0 Å². The van der Waals surface area contributed by atoms with Crippen molar-refractivity contribution in [3.05, 3.63) is 15.8 Å². The first-order valence-electron chi connectivity index (χ1n) is 5.80. The third-order valence-corrected chi connectivity index (χ3v) is 5.95. The summed E-state index contributed by atoms with van der Waals surface area (Å²) < 4.78 is 27.2. The Morgan fingerprint density at radius 2 is 1.95 bits per heavy atom. The molecule has 0 aromatic carbocycles. The SMILES string of the molecule is Cc1csc(C(=O)O)c1S(=O)(=O)NC(C)C(C)(C)C. The van der Waals surface area contributed by atoms with Gasteiger partial charge in [-0.25, -0.2) is 17.9 Å². The topological polar surface area (TPSA) is 83.5 Å². The average Bonchev–Trinajstić information content (AvgIpc) is 2.58. The van der Waals surface area contributed by atoms with E-state index in [-0.39, 0.29) is 21.2 Å². The van der Waals surface area contributed by atoms with E-state index in [0.717, 1.165) is 11.3 Å². The van der Waals surface area contributed by atoms with Gasteiger partial charge in [0, 0.05) is 6.04 Å². The second-order valence-corrected chi connectivity index (χ2v) is 8.12. The van der Waals surface area contributed by atoms with E-state index >= 15 is 0 Å². The molecule has 0 spiro atoms. The molecular weight excluding hydrogens is 286 g/mol. The molecule has 0 radical (unpaired) electrons. The van der Waals surface area contributed by atoms with E-state index in [9.17, 15) is 13.2 Å². The van der Waals surface area contributed by atoms with Gasteiger partial charge in [-0.1, -0.05) is 20.8 Å². The van der Waals surface area contributed by atoms with Gasteiger partial charge >= 0.3 is 5.97 Å². The van der Waals surface area contributed by atoms with Crippen molar-refractivity contribution >= 4 is 27.3 Å². The van der Waals surface area contributed by atoms with E-state index in [0.29, 0.717) is 5.56 Å². The van der Waals surface area contributed by atoms with Crippen LogP contribution >= 0.6 is 11.3 Å². The number of sulfonamides is 1. The zero-order chi connectivity index (χ0) is 15.0. The highest BCUT2D eigenvalue weighted by Gasteiger charge is 2.31. The van der Waals surface area contributed by atoms with Gasteiger partial charge in [-0.3, -0.25) is 0 Å². The van der Waals surface area contributed by atoms with Gasteiger partial charge in [0.25, 0.3) is 0 Å². The molecule has 5 nitrogen and oxygen atoms in total. The summed E-state index contributed by atoms with van der Waals surface area (Å²) in [5.74, 6) is -1.22. The first-order valence-corrected chi connectivity index (χ1v) is 8.17. The van der Waals surface area contributed by atoms with Crippen LogP contribution in [-0.2, 0) is 10.0 Å². The second-order valence-electron chi connectivity index (χ2n) is 5.59. The molecule has 1 aromatic rings. The molecule has 0 saturated carbocycles. The molecule has 0 saturated heterocycles. The van der Waals surface area contributed by atoms with Gasteiger partial charge in [0.15, 0.2) is 0 Å². The van der Waals surface area contributed by atoms with Crippen molar-refractivity contribution in [2.75, 3.05) is 0 Å². The Bertz CT molecular complexity index is 581. The second kappa shape index (κ2) is 5.22. The van der Waals surface area contributed by atoms with Crippen molar-refractivity contribution in [2.24, 2.45) is 5.41 Å². The lowest BCUT2D eigenvalue weighted by atomic mass is 9.89. The minimum absolute atomic E-state index is 0.124. The van der Waals surface area contributed by atoms with Crippen LogP contribution in [0.15, 0.2) is 10.3 Å². The molecule has 1 heterocycles. The number of rotatable bonds is 4. The molecule has 108 valence electrons. The van der Waals surface area contributed by atoms with Gasteiger partial charge in [-0.05, 0) is 30.2 Å². The van der Waals surface area contributed by atoms with Crippen LogP contribution in [0.25, 0.3) is 0 Å². The minimum atomic E-state index is -3.83. The van der Waals surface area contributed by atoms with Gasteiger partial charge in [0.05, 0.1) is 0 Å². The summed E-state index contributed by atoms with van der Waals surface area (Å²) in [6, 6.07) is -0.307. The molecule has 2 N–H and O–H groups in total. The Hall–Kier alpha value is -0.920.